The molecular formula is C20H14Br2O4S. The quantitative estimate of drug-likeness (QED) is 0.302. The first-order valence-electron chi connectivity index (χ1n) is 7.90. The fraction of sp³-hybridized carbons (Fsp3) is 0.100. The summed E-state index contributed by atoms with van der Waals surface area (Å²) >= 11 is 8.45. The van der Waals surface area contributed by atoms with E-state index in [0.717, 1.165) is 24.1 Å². The lowest BCUT2D eigenvalue weighted by molar-refractivity contribution is -0.134. The van der Waals surface area contributed by atoms with Crippen LogP contribution in [0.2, 0.25) is 0 Å². The van der Waals surface area contributed by atoms with Crippen LogP contribution in [-0.2, 0) is 9.59 Å². The van der Waals surface area contributed by atoms with Gasteiger partial charge in [-0.25, -0.2) is 0 Å². The fourth-order valence-electron chi connectivity index (χ4n) is 2.51. The van der Waals surface area contributed by atoms with E-state index < -0.39 is 11.9 Å². The van der Waals surface area contributed by atoms with E-state index in [1.807, 2.05) is 42.5 Å². The van der Waals surface area contributed by atoms with E-state index in [2.05, 4.69) is 31.9 Å². The molecule has 3 aromatic carbocycles. The summed E-state index contributed by atoms with van der Waals surface area (Å²) in [4.78, 5) is 25.1. The van der Waals surface area contributed by atoms with E-state index in [1.165, 1.54) is 25.6 Å². The van der Waals surface area contributed by atoms with Gasteiger partial charge in [0.2, 0.25) is 0 Å². The molecule has 0 aliphatic rings. The van der Waals surface area contributed by atoms with Crippen molar-refractivity contribution in [3.8, 4) is 11.5 Å². The van der Waals surface area contributed by atoms with Gasteiger partial charge in [0.05, 0.1) is 0 Å². The van der Waals surface area contributed by atoms with E-state index in [-0.39, 0.29) is 11.5 Å². The van der Waals surface area contributed by atoms with Crippen molar-refractivity contribution in [2.45, 2.75) is 23.6 Å². The van der Waals surface area contributed by atoms with Crippen LogP contribution in [0, 0.1) is 0 Å². The van der Waals surface area contributed by atoms with Gasteiger partial charge in [-0.3, -0.25) is 9.59 Å². The van der Waals surface area contributed by atoms with Gasteiger partial charge in [-0.05, 0) is 48.5 Å². The van der Waals surface area contributed by atoms with Gasteiger partial charge in [-0.15, -0.1) is 0 Å². The van der Waals surface area contributed by atoms with E-state index in [1.54, 1.807) is 6.07 Å². The van der Waals surface area contributed by atoms with Crippen molar-refractivity contribution in [1.82, 2.24) is 0 Å². The van der Waals surface area contributed by atoms with Crippen LogP contribution in [0.1, 0.15) is 13.8 Å². The average molecular weight is 510 g/mol. The van der Waals surface area contributed by atoms with Crippen molar-refractivity contribution in [2.24, 2.45) is 0 Å². The second-order valence-electron chi connectivity index (χ2n) is 5.64. The Kier molecular flexibility index (Phi) is 6.24. The highest BCUT2D eigenvalue weighted by molar-refractivity contribution is 9.10. The molecule has 0 amide bonds. The predicted octanol–water partition coefficient (Wildman–Crippen LogP) is 6.37. The SMILES string of the molecule is CC(=O)Oc1cc(Sc2ccc(Br)cc2)c2cc(Br)ccc2c1OC(C)=O. The number of carbonyl (C=O) groups excluding carboxylic acids is 2. The molecule has 0 unspecified atom stereocenters. The van der Waals surface area contributed by atoms with Crippen LogP contribution in [-0.4, -0.2) is 11.9 Å². The lowest BCUT2D eigenvalue weighted by Gasteiger charge is -2.15. The molecular weight excluding hydrogens is 496 g/mol. The smallest absolute Gasteiger partial charge is 0.308 e. The fourth-order valence-corrected chi connectivity index (χ4v) is 4.10. The number of rotatable bonds is 4. The van der Waals surface area contributed by atoms with Gasteiger partial charge in [0.25, 0.3) is 0 Å². The van der Waals surface area contributed by atoms with E-state index >= 15 is 0 Å². The Hall–Kier alpha value is -1.83. The lowest BCUT2D eigenvalue weighted by Crippen LogP contribution is -2.08. The number of hydrogen-bond donors (Lipinski definition) is 0. The van der Waals surface area contributed by atoms with Crippen LogP contribution in [0.15, 0.2) is 67.3 Å². The molecule has 138 valence electrons. The molecule has 0 bridgehead atoms. The number of esters is 2. The topological polar surface area (TPSA) is 52.6 Å². The molecule has 0 saturated carbocycles. The Morgan fingerprint density at radius 1 is 0.815 bits per heavy atom. The molecule has 7 heteroatoms. The van der Waals surface area contributed by atoms with Gasteiger partial charge in [-0.2, -0.15) is 0 Å². The molecule has 0 heterocycles. The summed E-state index contributed by atoms with van der Waals surface area (Å²) in [6.45, 7) is 2.62. The Balaban J connectivity index is 2.21. The third kappa shape index (κ3) is 4.91. The molecule has 0 N–H and O–H groups in total. The summed E-state index contributed by atoms with van der Waals surface area (Å²) in [6, 6.07) is 15.2. The highest BCUT2D eigenvalue weighted by Gasteiger charge is 2.19. The number of carbonyl (C=O) groups is 2. The molecule has 0 radical (unpaired) electrons. The number of ether oxygens (including phenoxy) is 2. The van der Waals surface area contributed by atoms with Gasteiger partial charge in [-0.1, -0.05) is 43.6 Å². The third-order valence-electron chi connectivity index (χ3n) is 3.52. The van der Waals surface area contributed by atoms with E-state index in [4.69, 9.17) is 9.47 Å². The van der Waals surface area contributed by atoms with Crippen LogP contribution in [0.4, 0.5) is 0 Å². The zero-order valence-electron chi connectivity index (χ0n) is 14.4. The second-order valence-corrected chi connectivity index (χ2v) is 8.58. The highest BCUT2D eigenvalue weighted by atomic mass is 79.9. The molecule has 3 aromatic rings. The maximum Gasteiger partial charge on any atom is 0.308 e. The first-order chi connectivity index (χ1) is 12.8. The van der Waals surface area contributed by atoms with Gasteiger partial charge < -0.3 is 9.47 Å². The van der Waals surface area contributed by atoms with Crippen molar-refractivity contribution in [2.75, 3.05) is 0 Å². The van der Waals surface area contributed by atoms with Gasteiger partial charge in [0, 0.05) is 43.4 Å². The van der Waals surface area contributed by atoms with Crippen LogP contribution in [0.25, 0.3) is 10.8 Å². The highest BCUT2D eigenvalue weighted by Crippen LogP contribution is 2.44. The van der Waals surface area contributed by atoms with Crippen molar-refractivity contribution in [3.05, 3.63) is 57.5 Å². The number of hydrogen-bond acceptors (Lipinski definition) is 5. The molecule has 0 spiro atoms. The molecule has 4 nitrogen and oxygen atoms in total. The predicted molar refractivity (Wildman–Crippen MR) is 113 cm³/mol. The van der Waals surface area contributed by atoms with Crippen molar-refractivity contribution in [1.29, 1.82) is 0 Å². The number of benzene rings is 3. The second kappa shape index (κ2) is 8.46. The number of fused-ring (bicyclic) bond motifs is 1. The molecule has 3 rings (SSSR count). The monoisotopic (exact) mass is 508 g/mol. The normalized spacial score (nSPS) is 10.7. The Labute approximate surface area is 177 Å². The minimum atomic E-state index is -0.487. The van der Waals surface area contributed by atoms with Crippen LogP contribution >= 0.6 is 43.6 Å². The van der Waals surface area contributed by atoms with Crippen molar-refractivity contribution in [3.63, 3.8) is 0 Å². The number of halogens is 2. The molecule has 0 saturated heterocycles. The summed E-state index contributed by atoms with van der Waals surface area (Å²) in [7, 11) is 0. The Bertz CT molecular complexity index is 1030. The van der Waals surface area contributed by atoms with Gasteiger partial charge in [0.15, 0.2) is 11.5 Å². The maximum absolute atomic E-state index is 11.6. The first-order valence-corrected chi connectivity index (χ1v) is 10.3. The van der Waals surface area contributed by atoms with Gasteiger partial charge >= 0.3 is 11.9 Å². The largest absolute Gasteiger partial charge is 0.423 e. The van der Waals surface area contributed by atoms with E-state index in [0.29, 0.717) is 5.39 Å². The summed E-state index contributed by atoms with van der Waals surface area (Å²) < 4.78 is 12.6. The van der Waals surface area contributed by atoms with Gasteiger partial charge in [0.1, 0.15) is 0 Å². The molecule has 27 heavy (non-hydrogen) atoms. The molecule has 0 aromatic heterocycles. The zero-order chi connectivity index (χ0) is 19.6. The standard InChI is InChI=1S/C20H14Br2O4S/c1-11(23)25-18-10-19(27-15-6-3-13(21)4-7-15)17-9-14(22)5-8-16(17)20(18)26-12(2)24/h3-10H,1-2H3. The Morgan fingerprint density at radius 3 is 2.07 bits per heavy atom. The molecule has 0 aliphatic heterocycles. The van der Waals surface area contributed by atoms with E-state index in [9.17, 15) is 9.59 Å². The Morgan fingerprint density at radius 2 is 1.44 bits per heavy atom. The molecule has 0 atom stereocenters. The van der Waals surface area contributed by atoms with Crippen molar-refractivity contribution >= 4 is 66.3 Å². The molecule has 0 aliphatic carbocycles. The minimum Gasteiger partial charge on any atom is -0.423 e. The first kappa shape index (κ1) is 19.9. The van der Waals surface area contributed by atoms with Crippen LogP contribution in [0.3, 0.4) is 0 Å². The summed E-state index contributed by atoms with van der Waals surface area (Å²) in [5.74, 6) is -0.520. The maximum atomic E-state index is 11.6. The lowest BCUT2D eigenvalue weighted by atomic mass is 10.1. The summed E-state index contributed by atoms with van der Waals surface area (Å²) in [5.41, 5.74) is 0. The average Bonchev–Trinajstić information content (AvgIpc) is 2.59. The zero-order valence-corrected chi connectivity index (χ0v) is 18.4. The molecule has 0 fully saturated rings. The van der Waals surface area contributed by atoms with Crippen LogP contribution in [0.5, 0.6) is 11.5 Å². The summed E-state index contributed by atoms with van der Waals surface area (Å²) in [5, 5.41) is 1.57. The minimum absolute atomic E-state index is 0.215. The third-order valence-corrected chi connectivity index (χ3v) is 5.61. The van der Waals surface area contributed by atoms with Crippen LogP contribution < -0.4 is 9.47 Å². The van der Waals surface area contributed by atoms with Crippen molar-refractivity contribution < 1.29 is 19.1 Å². The summed E-state index contributed by atoms with van der Waals surface area (Å²) in [6.07, 6.45) is 0.